The fourth-order valence-electron chi connectivity index (χ4n) is 2.36. The van der Waals surface area contributed by atoms with Crippen molar-refractivity contribution in [3.63, 3.8) is 0 Å². The van der Waals surface area contributed by atoms with Crippen molar-refractivity contribution >= 4 is 6.29 Å². The number of hydrogen-bond donors (Lipinski definition) is 0. The number of nitriles is 1. The Labute approximate surface area is 89.5 Å². The van der Waals surface area contributed by atoms with Crippen molar-refractivity contribution in [1.29, 1.82) is 5.26 Å². The summed E-state index contributed by atoms with van der Waals surface area (Å²) in [6, 6.07) is 9.50. The molecule has 0 unspecified atom stereocenters. The van der Waals surface area contributed by atoms with E-state index in [0.717, 1.165) is 37.5 Å². The molecule has 0 spiro atoms. The van der Waals surface area contributed by atoms with Crippen LogP contribution in [-0.2, 0) is 10.2 Å². The minimum absolute atomic E-state index is 0.270. The van der Waals surface area contributed by atoms with Crippen molar-refractivity contribution in [2.45, 2.75) is 31.1 Å². The van der Waals surface area contributed by atoms with Crippen molar-refractivity contribution in [2.24, 2.45) is 0 Å². The molecule has 0 saturated heterocycles. The highest BCUT2D eigenvalue weighted by Gasteiger charge is 2.35. The number of rotatable bonds is 2. The Morgan fingerprint density at radius 1 is 1.20 bits per heavy atom. The SMILES string of the molecule is N#Cc1ccc(C2(C=O)CCCC2)cc1. The second kappa shape index (κ2) is 3.86. The van der Waals surface area contributed by atoms with Crippen LogP contribution in [0.1, 0.15) is 36.8 Å². The molecule has 2 heteroatoms. The van der Waals surface area contributed by atoms with Crippen LogP contribution in [0.25, 0.3) is 0 Å². The Morgan fingerprint density at radius 3 is 2.27 bits per heavy atom. The van der Waals surface area contributed by atoms with Crippen molar-refractivity contribution in [3.05, 3.63) is 35.4 Å². The Bertz CT molecular complexity index is 394. The van der Waals surface area contributed by atoms with Gasteiger partial charge in [-0.25, -0.2) is 0 Å². The van der Waals surface area contributed by atoms with E-state index < -0.39 is 0 Å². The Balaban J connectivity index is 2.35. The minimum Gasteiger partial charge on any atom is -0.302 e. The molecule has 0 atom stereocenters. The van der Waals surface area contributed by atoms with E-state index in [1.165, 1.54) is 0 Å². The molecule has 15 heavy (non-hydrogen) atoms. The first-order valence-corrected chi connectivity index (χ1v) is 5.28. The number of carbonyl (C=O) groups is 1. The molecule has 2 rings (SSSR count). The summed E-state index contributed by atoms with van der Waals surface area (Å²) < 4.78 is 0. The molecule has 1 aliphatic rings. The Kier molecular flexibility index (Phi) is 2.55. The third kappa shape index (κ3) is 1.66. The summed E-state index contributed by atoms with van der Waals surface area (Å²) in [6.45, 7) is 0. The zero-order valence-corrected chi connectivity index (χ0v) is 8.57. The molecule has 0 heterocycles. The lowest BCUT2D eigenvalue weighted by molar-refractivity contribution is -0.112. The van der Waals surface area contributed by atoms with E-state index in [-0.39, 0.29) is 5.41 Å². The number of benzene rings is 1. The number of nitrogens with zero attached hydrogens (tertiary/aromatic N) is 1. The van der Waals surface area contributed by atoms with Crippen LogP contribution in [0.4, 0.5) is 0 Å². The van der Waals surface area contributed by atoms with Crippen molar-refractivity contribution in [1.82, 2.24) is 0 Å². The molecular formula is C13H13NO. The van der Waals surface area contributed by atoms with E-state index in [2.05, 4.69) is 6.07 Å². The average molecular weight is 199 g/mol. The number of hydrogen-bond acceptors (Lipinski definition) is 2. The zero-order valence-electron chi connectivity index (χ0n) is 8.57. The van der Waals surface area contributed by atoms with Gasteiger partial charge in [0.05, 0.1) is 17.0 Å². The summed E-state index contributed by atoms with van der Waals surface area (Å²) in [4.78, 5) is 11.2. The van der Waals surface area contributed by atoms with Gasteiger partial charge in [0.1, 0.15) is 6.29 Å². The zero-order chi connectivity index (χ0) is 10.7. The summed E-state index contributed by atoms with van der Waals surface area (Å²) in [6.07, 6.45) is 5.23. The lowest BCUT2D eigenvalue weighted by Gasteiger charge is -2.22. The van der Waals surface area contributed by atoms with Crippen molar-refractivity contribution in [2.75, 3.05) is 0 Å². The molecule has 1 saturated carbocycles. The quantitative estimate of drug-likeness (QED) is 0.687. The minimum atomic E-state index is -0.270. The largest absolute Gasteiger partial charge is 0.302 e. The maximum atomic E-state index is 11.2. The second-order valence-electron chi connectivity index (χ2n) is 4.17. The third-order valence-corrected chi connectivity index (χ3v) is 3.31. The van der Waals surface area contributed by atoms with Gasteiger partial charge in [-0.1, -0.05) is 25.0 Å². The molecule has 0 aliphatic heterocycles. The first-order valence-electron chi connectivity index (χ1n) is 5.28. The molecular weight excluding hydrogens is 186 g/mol. The van der Waals surface area contributed by atoms with Crippen molar-refractivity contribution < 1.29 is 4.79 Å². The molecule has 76 valence electrons. The predicted octanol–water partition coefficient (Wildman–Crippen LogP) is 2.57. The van der Waals surface area contributed by atoms with Gasteiger partial charge in [-0.2, -0.15) is 5.26 Å². The fraction of sp³-hybridized carbons (Fsp3) is 0.385. The summed E-state index contributed by atoms with van der Waals surface area (Å²) in [5.74, 6) is 0. The van der Waals surface area contributed by atoms with Crippen LogP contribution in [0.15, 0.2) is 24.3 Å². The molecule has 1 aromatic rings. The lowest BCUT2D eigenvalue weighted by Crippen LogP contribution is -2.23. The van der Waals surface area contributed by atoms with Gasteiger partial charge in [0.25, 0.3) is 0 Å². The van der Waals surface area contributed by atoms with Crippen molar-refractivity contribution in [3.8, 4) is 6.07 Å². The summed E-state index contributed by atoms with van der Waals surface area (Å²) in [7, 11) is 0. The van der Waals surface area contributed by atoms with E-state index in [1.807, 2.05) is 12.1 Å². The van der Waals surface area contributed by atoms with Crippen LogP contribution < -0.4 is 0 Å². The Hall–Kier alpha value is -1.62. The van der Waals surface area contributed by atoms with E-state index in [9.17, 15) is 4.79 Å². The highest BCUT2D eigenvalue weighted by atomic mass is 16.1. The van der Waals surface area contributed by atoms with Gasteiger partial charge in [0.15, 0.2) is 0 Å². The first-order chi connectivity index (χ1) is 7.30. The number of carbonyl (C=O) groups excluding carboxylic acids is 1. The standard InChI is InChI=1S/C13H13NO/c14-9-11-3-5-12(6-4-11)13(10-15)7-1-2-8-13/h3-6,10H,1-2,7-8H2. The predicted molar refractivity (Wildman–Crippen MR) is 57.4 cm³/mol. The van der Waals surface area contributed by atoms with Gasteiger partial charge in [-0.3, -0.25) is 0 Å². The topological polar surface area (TPSA) is 40.9 Å². The van der Waals surface area contributed by atoms with Crippen LogP contribution in [0.2, 0.25) is 0 Å². The van der Waals surface area contributed by atoms with Crippen LogP contribution in [-0.4, -0.2) is 6.29 Å². The molecule has 1 aromatic carbocycles. The van der Waals surface area contributed by atoms with Crippen LogP contribution in [0.5, 0.6) is 0 Å². The molecule has 0 bridgehead atoms. The monoisotopic (exact) mass is 199 g/mol. The van der Waals surface area contributed by atoms with Gasteiger partial charge < -0.3 is 4.79 Å². The van der Waals surface area contributed by atoms with E-state index in [0.29, 0.717) is 5.56 Å². The smallest absolute Gasteiger partial charge is 0.130 e. The van der Waals surface area contributed by atoms with E-state index >= 15 is 0 Å². The maximum absolute atomic E-state index is 11.2. The maximum Gasteiger partial charge on any atom is 0.130 e. The van der Waals surface area contributed by atoms with Gasteiger partial charge >= 0.3 is 0 Å². The van der Waals surface area contributed by atoms with E-state index in [4.69, 9.17) is 5.26 Å². The van der Waals surface area contributed by atoms with Crippen LogP contribution in [0.3, 0.4) is 0 Å². The summed E-state index contributed by atoms with van der Waals surface area (Å²) >= 11 is 0. The summed E-state index contributed by atoms with van der Waals surface area (Å²) in [5, 5.41) is 8.70. The number of aldehydes is 1. The lowest BCUT2D eigenvalue weighted by atomic mass is 9.80. The second-order valence-corrected chi connectivity index (χ2v) is 4.17. The third-order valence-electron chi connectivity index (χ3n) is 3.31. The highest BCUT2D eigenvalue weighted by Crippen LogP contribution is 2.39. The molecule has 0 aromatic heterocycles. The fourth-order valence-corrected chi connectivity index (χ4v) is 2.36. The molecule has 1 fully saturated rings. The molecule has 0 N–H and O–H groups in total. The normalized spacial score (nSPS) is 18.3. The van der Waals surface area contributed by atoms with Gasteiger partial charge in [-0.05, 0) is 30.5 Å². The Morgan fingerprint density at radius 2 is 1.80 bits per heavy atom. The van der Waals surface area contributed by atoms with E-state index in [1.54, 1.807) is 12.1 Å². The first kappa shape index (κ1) is 9.92. The molecule has 1 aliphatic carbocycles. The van der Waals surface area contributed by atoms with Gasteiger partial charge in [0.2, 0.25) is 0 Å². The van der Waals surface area contributed by atoms with Gasteiger partial charge in [-0.15, -0.1) is 0 Å². The molecule has 0 amide bonds. The van der Waals surface area contributed by atoms with Crippen LogP contribution >= 0.6 is 0 Å². The van der Waals surface area contributed by atoms with Crippen LogP contribution in [0, 0.1) is 11.3 Å². The summed E-state index contributed by atoms with van der Waals surface area (Å²) in [5.41, 5.74) is 1.44. The van der Waals surface area contributed by atoms with Gasteiger partial charge in [0, 0.05) is 0 Å². The average Bonchev–Trinajstić information content (AvgIpc) is 2.79. The highest BCUT2D eigenvalue weighted by molar-refractivity contribution is 5.69. The molecule has 0 radical (unpaired) electrons. The molecule has 2 nitrogen and oxygen atoms in total.